The second-order valence-electron chi connectivity index (χ2n) is 7.65. The molecule has 0 saturated heterocycles. The Labute approximate surface area is 180 Å². The van der Waals surface area contributed by atoms with Crippen molar-refractivity contribution < 1.29 is 29.1 Å². The summed E-state index contributed by atoms with van der Waals surface area (Å²) in [5.41, 5.74) is 6.58. The first-order valence-electron chi connectivity index (χ1n) is 9.61. The first-order chi connectivity index (χ1) is 14.5. The van der Waals surface area contributed by atoms with Gasteiger partial charge in [-0.3, -0.25) is 24.0 Å². The van der Waals surface area contributed by atoms with E-state index >= 15 is 0 Å². The molecule has 0 radical (unpaired) electrons. The summed E-state index contributed by atoms with van der Waals surface area (Å²) in [5, 5.41) is 18.6. The van der Waals surface area contributed by atoms with E-state index in [0.29, 0.717) is 24.9 Å². The smallest absolute Gasteiger partial charge is 0.309 e. The predicted octanol–water partition coefficient (Wildman–Crippen LogP) is -1.03. The Hall–Kier alpha value is -3.47. The molecule has 0 aliphatic heterocycles. The molecule has 0 aliphatic carbocycles. The average Bonchev–Trinajstić information content (AvgIpc) is 2.70. The number of nitrogens with one attached hydrogen (secondary N) is 4. The number of carboxylic acids is 1. The van der Waals surface area contributed by atoms with E-state index in [1.807, 2.05) is 0 Å². The Morgan fingerprint density at radius 1 is 1.00 bits per heavy atom. The molecule has 4 amide bonds. The van der Waals surface area contributed by atoms with Gasteiger partial charge in [0.2, 0.25) is 24.1 Å². The molecule has 31 heavy (non-hydrogen) atoms. The van der Waals surface area contributed by atoms with Gasteiger partial charge < -0.3 is 32.1 Å². The molecular weight excluding hydrogens is 406 g/mol. The molecule has 1 aromatic carbocycles. The summed E-state index contributed by atoms with van der Waals surface area (Å²) in [5.74, 6) is -2.43. The van der Waals surface area contributed by atoms with Gasteiger partial charge in [-0.25, -0.2) is 0 Å². The SMILES string of the molecule is CC(C)(CC(N)Cc1ccc(NC(=O)CNC(=O)CNC(=O)CNC=O)cc1)C(=O)O. The molecular formula is C20H29N5O6. The number of benzene rings is 1. The van der Waals surface area contributed by atoms with Gasteiger partial charge in [0, 0.05) is 11.7 Å². The van der Waals surface area contributed by atoms with E-state index in [9.17, 15) is 29.1 Å². The highest BCUT2D eigenvalue weighted by Crippen LogP contribution is 2.23. The number of nitrogens with two attached hydrogens (primary N) is 1. The van der Waals surface area contributed by atoms with Crippen molar-refractivity contribution in [1.29, 1.82) is 0 Å². The Bertz CT molecular complexity index is 794. The first-order valence-corrected chi connectivity index (χ1v) is 9.61. The molecule has 11 heteroatoms. The minimum Gasteiger partial charge on any atom is -0.481 e. The van der Waals surface area contributed by atoms with Gasteiger partial charge in [0.05, 0.1) is 25.0 Å². The van der Waals surface area contributed by atoms with Crippen LogP contribution in [-0.2, 0) is 30.4 Å². The molecule has 0 aromatic heterocycles. The summed E-state index contributed by atoms with van der Waals surface area (Å²) in [6, 6.07) is 6.61. The number of hydrogen-bond donors (Lipinski definition) is 6. The standard InChI is InChI=1S/C20H29N5O6/c1-20(2,19(30)31)8-14(21)7-13-3-5-15(6-4-13)25-18(29)11-24-17(28)10-23-16(27)9-22-12-26/h3-6,12,14H,7-11,21H2,1-2H3,(H,22,26)(H,23,27)(H,24,28)(H,25,29)(H,30,31). The van der Waals surface area contributed by atoms with Gasteiger partial charge in [-0.1, -0.05) is 12.1 Å². The van der Waals surface area contributed by atoms with Crippen LogP contribution < -0.4 is 27.0 Å². The van der Waals surface area contributed by atoms with Gasteiger partial charge in [0.15, 0.2) is 0 Å². The lowest BCUT2D eigenvalue weighted by molar-refractivity contribution is -0.147. The van der Waals surface area contributed by atoms with E-state index in [-0.39, 0.29) is 25.7 Å². The Morgan fingerprint density at radius 3 is 2.10 bits per heavy atom. The number of rotatable bonds is 13. The van der Waals surface area contributed by atoms with Crippen molar-refractivity contribution in [3.8, 4) is 0 Å². The lowest BCUT2D eigenvalue weighted by atomic mass is 9.84. The van der Waals surface area contributed by atoms with Crippen molar-refractivity contribution >= 4 is 35.8 Å². The zero-order valence-corrected chi connectivity index (χ0v) is 17.6. The van der Waals surface area contributed by atoms with Crippen LogP contribution in [0.5, 0.6) is 0 Å². The van der Waals surface area contributed by atoms with Gasteiger partial charge >= 0.3 is 5.97 Å². The molecule has 1 rings (SSSR count). The zero-order chi connectivity index (χ0) is 23.4. The molecule has 0 saturated carbocycles. The molecule has 7 N–H and O–H groups in total. The third-order valence-electron chi connectivity index (χ3n) is 4.33. The fourth-order valence-corrected chi connectivity index (χ4v) is 2.66. The Kier molecular flexibility index (Phi) is 10.1. The van der Waals surface area contributed by atoms with Crippen molar-refractivity contribution in [3.63, 3.8) is 0 Å². The van der Waals surface area contributed by atoms with Gasteiger partial charge in [-0.05, 0) is 44.4 Å². The minimum atomic E-state index is -0.910. The van der Waals surface area contributed by atoms with Crippen molar-refractivity contribution in [3.05, 3.63) is 29.8 Å². The highest BCUT2D eigenvalue weighted by atomic mass is 16.4. The van der Waals surface area contributed by atoms with Crippen LogP contribution in [0.1, 0.15) is 25.8 Å². The number of anilines is 1. The van der Waals surface area contributed by atoms with E-state index < -0.39 is 29.1 Å². The third-order valence-corrected chi connectivity index (χ3v) is 4.33. The number of hydrogen-bond acceptors (Lipinski definition) is 6. The number of carbonyl (C=O) groups is 5. The van der Waals surface area contributed by atoms with Crippen LogP contribution >= 0.6 is 0 Å². The monoisotopic (exact) mass is 435 g/mol. The van der Waals surface area contributed by atoms with Crippen LogP contribution in [0.2, 0.25) is 0 Å². The van der Waals surface area contributed by atoms with Crippen LogP contribution in [0.4, 0.5) is 5.69 Å². The maximum absolute atomic E-state index is 11.9. The highest BCUT2D eigenvalue weighted by molar-refractivity contribution is 5.95. The molecule has 0 aliphatic rings. The topological polar surface area (TPSA) is 180 Å². The molecule has 170 valence electrons. The first kappa shape index (κ1) is 25.6. The van der Waals surface area contributed by atoms with Crippen LogP contribution in [0, 0.1) is 5.41 Å². The second kappa shape index (κ2) is 12.3. The fourth-order valence-electron chi connectivity index (χ4n) is 2.66. The van der Waals surface area contributed by atoms with Gasteiger partial charge in [0.1, 0.15) is 0 Å². The summed E-state index contributed by atoms with van der Waals surface area (Å²) in [6.07, 6.45) is 1.19. The highest BCUT2D eigenvalue weighted by Gasteiger charge is 2.29. The van der Waals surface area contributed by atoms with Crippen LogP contribution in [0.25, 0.3) is 0 Å². The Balaban J connectivity index is 2.39. The van der Waals surface area contributed by atoms with Gasteiger partial charge in [0.25, 0.3) is 0 Å². The maximum atomic E-state index is 11.9. The zero-order valence-electron chi connectivity index (χ0n) is 17.6. The third kappa shape index (κ3) is 10.2. The molecule has 0 fully saturated rings. The van der Waals surface area contributed by atoms with E-state index in [0.717, 1.165) is 5.56 Å². The largest absolute Gasteiger partial charge is 0.481 e. The predicted molar refractivity (Wildman–Crippen MR) is 113 cm³/mol. The lowest BCUT2D eigenvalue weighted by Gasteiger charge is -2.23. The van der Waals surface area contributed by atoms with Crippen molar-refractivity contribution in [1.82, 2.24) is 16.0 Å². The molecule has 1 unspecified atom stereocenters. The summed E-state index contributed by atoms with van der Waals surface area (Å²) in [6.45, 7) is 2.42. The van der Waals surface area contributed by atoms with E-state index in [1.54, 1.807) is 38.1 Å². The van der Waals surface area contributed by atoms with Crippen molar-refractivity contribution in [2.75, 3.05) is 25.0 Å². The van der Waals surface area contributed by atoms with E-state index in [4.69, 9.17) is 5.73 Å². The number of carbonyl (C=O) groups excluding carboxylic acids is 4. The molecule has 11 nitrogen and oxygen atoms in total. The quantitative estimate of drug-likeness (QED) is 0.214. The molecule has 0 heterocycles. The second-order valence-corrected chi connectivity index (χ2v) is 7.65. The number of aliphatic carboxylic acids is 1. The van der Waals surface area contributed by atoms with Crippen molar-refractivity contribution in [2.45, 2.75) is 32.7 Å². The van der Waals surface area contributed by atoms with Crippen LogP contribution in [0.15, 0.2) is 24.3 Å². The van der Waals surface area contributed by atoms with Crippen LogP contribution in [0.3, 0.4) is 0 Å². The number of carboxylic acid groups (broad SMARTS) is 1. The molecule has 1 atom stereocenters. The summed E-state index contributed by atoms with van der Waals surface area (Å²) < 4.78 is 0. The maximum Gasteiger partial charge on any atom is 0.309 e. The summed E-state index contributed by atoms with van der Waals surface area (Å²) in [7, 11) is 0. The fraction of sp³-hybridized carbons (Fsp3) is 0.450. The lowest BCUT2D eigenvalue weighted by Crippen LogP contribution is -2.42. The summed E-state index contributed by atoms with van der Waals surface area (Å²) in [4.78, 5) is 56.1. The molecule has 0 bridgehead atoms. The number of amides is 4. The summed E-state index contributed by atoms with van der Waals surface area (Å²) >= 11 is 0. The van der Waals surface area contributed by atoms with Crippen LogP contribution in [-0.4, -0.2) is 60.9 Å². The Morgan fingerprint density at radius 2 is 1.55 bits per heavy atom. The van der Waals surface area contributed by atoms with E-state index in [1.165, 1.54) is 0 Å². The molecule has 0 spiro atoms. The van der Waals surface area contributed by atoms with Gasteiger partial charge in [-0.15, -0.1) is 0 Å². The van der Waals surface area contributed by atoms with E-state index in [2.05, 4.69) is 21.3 Å². The molecule has 1 aromatic rings. The normalized spacial score (nSPS) is 11.7. The van der Waals surface area contributed by atoms with Gasteiger partial charge in [-0.2, -0.15) is 0 Å². The minimum absolute atomic E-state index is 0.241. The van der Waals surface area contributed by atoms with Crippen molar-refractivity contribution in [2.24, 2.45) is 11.1 Å². The average molecular weight is 435 g/mol.